The van der Waals surface area contributed by atoms with Crippen molar-refractivity contribution < 1.29 is 4.55 Å². The molecular formula is C14H20N4OS2. The molecule has 114 valence electrons. The van der Waals surface area contributed by atoms with Gasteiger partial charge in [-0.25, -0.2) is 4.98 Å². The van der Waals surface area contributed by atoms with Crippen molar-refractivity contribution in [1.29, 1.82) is 0 Å². The minimum atomic E-state index is -1.01. The van der Waals surface area contributed by atoms with E-state index in [1.165, 1.54) is 11.5 Å². The van der Waals surface area contributed by atoms with Crippen LogP contribution in [0.3, 0.4) is 0 Å². The van der Waals surface area contributed by atoms with Crippen LogP contribution in [-0.2, 0) is 11.4 Å². The number of aromatic nitrogens is 3. The van der Waals surface area contributed by atoms with Crippen LogP contribution in [0.5, 0.6) is 0 Å². The molecular weight excluding hydrogens is 304 g/mol. The van der Waals surface area contributed by atoms with Gasteiger partial charge in [-0.1, -0.05) is 13.3 Å². The Bertz CT molecular complexity index is 576. The summed E-state index contributed by atoms with van der Waals surface area (Å²) in [5.41, 5.74) is 1.90. The molecule has 0 aliphatic rings. The van der Waals surface area contributed by atoms with Crippen molar-refractivity contribution in [2.75, 3.05) is 5.75 Å². The summed E-state index contributed by atoms with van der Waals surface area (Å²) in [5.74, 6) is 1.38. The third kappa shape index (κ3) is 4.74. The lowest BCUT2D eigenvalue weighted by Crippen LogP contribution is -2.29. The number of hydrogen-bond acceptors (Lipinski definition) is 6. The van der Waals surface area contributed by atoms with Gasteiger partial charge in [0.05, 0.1) is 0 Å². The Morgan fingerprint density at radius 3 is 3.00 bits per heavy atom. The number of hydrogen-bond donors (Lipinski definition) is 1. The normalized spacial score (nSPS) is 14.1. The Kier molecular flexibility index (Phi) is 6.10. The number of rotatable bonds is 7. The van der Waals surface area contributed by atoms with E-state index in [0.717, 1.165) is 29.1 Å². The summed E-state index contributed by atoms with van der Waals surface area (Å²) in [7, 11) is 0. The maximum absolute atomic E-state index is 11.9. The van der Waals surface area contributed by atoms with Crippen LogP contribution < -0.4 is 4.72 Å². The van der Waals surface area contributed by atoms with Gasteiger partial charge < -0.3 is 4.55 Å². The van der Waals surface area contributed by atoms with Crippen LogP contribution in [-0.4, -0.2) is 24.6 Å². The molecule has 7 heteroatoms. The summed E-state index contributed by atoms with van der Waals surface area (Å²) in [6.45, 7) is 6.00. The van der Waals surface area contributed by atoms with Gasteiger partial charge >= 0.3 is 0 Å². The molecule has 0 aliphatic heterocycles. The Morgan fingerprint density at radius 1 is 1.48 bits per heavy atom. The van der Waals surface area contributed by atoms with Crippen molar-refractivity contribution in [3.63, 3.8) is 0 Å². The minimum absolute atomic E-state index is 0.0585. The van der Waals surface area contributed by atoms with E-state index in [2.05, 4.69) is 26.0 Å². The van der Waals surface area contributed by atoms with E-state index < -0.39 is 11.4 Å². The molecule has 5 nitrogen and oxygen atoms in total. The molecule has 0 bridgehead atoms. The van der Waals surface area contributed by atoms with E-state index >= 15 is 0 Å². The molecule has 0 radical (unpaired) electrons. The van der Waals surface area contributed by atoms with E-state index in [9.17, 15) is 4.55 Å². The second-order valence-corrected chi connectivity index (χ2v) is 7.00. The van der Waals surface area contributed by atoms with E-state index in [-0.39, 0.29) is 6.04 Å². The maximum Gasteiger partial charge on any atom is 0.173 e. The summed E-state index contributed by atoms with van der Waals surface area (Å²) in [5, 5.41) is 0.851. The first kappa shape index (κ1) is 16.4. The smallest absolute Gasteiger partial charge is 0.173 e. The van der Waals surface area contributed by atoms with Crippen LogP contribution >= 0.6 is 11.5 Å². The Labute approximate surface area is 132 Å². The zero-order valence-corrected chi connectivity index (χ0v) is 14.1. The Balaban J connectivity index is 2.02. The van der Waals surface area contributed by atoms with Crippen LogP contribution in [0, 0.1) is 6.92 Å². The van der Waals surface area contributed by atoms with Crippen molar-refractivity contribution in [2.24, 2.45) is 0 Å². The van der Waals surface area contributed by atoms with Crippen molar-refractivity contribution >= 4 is 22.9 Å². The fourth-order valence-corrected chi connectivity index (χ4v) is 3.71. The molecule has 0 amide bonds. The van der Waals surface area contributed by atoms with E-state index in [4.69, 9.17) is 0 Å². The van der Waals surface area contributed by atoms with Gasteiger partial charge in [-0.05, 0) is 43.9 Å². The summed E-state index contributed by atoms with van der Waals surface area (Å²) >= 11 is 0.335. The topological polar surface area (TPSA) is 73.8 Å². The van der Waals surface area contributed by atoms with Gasteiger partial charge in [-0.15, -0.1) is 4.72 Å². The van der Waals surface area contributed by atoms with Crippen LogP contribution in [0.1, 0.15) is 43.4 Å². The number of unbranched alkanes of at least 4 members (excludes halogenated alkanes) is 1. The highest BCUT2D eigenvalue weighted by Gasteiger charge is 2.18. The lowest BCUT2D eigenvalue weighted by atomic mass is 10.2. The zero-order chi connectivity index (χ0) is 15.2. The summed E-state index contributed by atoms with van der Waals surface area (Å²) in [6, 6.07) is 3.80. The molecule has 1 N–H and O–H groups in total. The van der Waals surface area contributed by atoms with Gasteiger partial charge in [0, 0.05) is 28.8 Å². The fraction of sp³-hybridized carbons (Fsp3) is 0.500. The molecule has 0 aliphatic carbocycles. The largest absolute Gasteiger partial charge is 0.598 e. The van der Waals surface area contributed by atoms with Gasteiger partial charge in [0.2, 0.25) is 0 Å². The minimum Gasteiger partial charge on any atom is -0.598 e. The molecule has 2 atom stereocenters. The zero-order valence-electron chi connectivity index (χ0n) is 12.5. The highest BCUT2D eigenvalue weighted by molar-refractivity contribution is 7.89. The van der Waals surface area contributed by atoms with Crippen molar-refractivity contribution in [2.45, 2.75) is 39.7 Å². The van der Waals surface area contributed by atoms with E-state index in [0.29, 0.717) is 11.6 Å². The van der Waals surface area contributed by atoms with Crippen LogP contribution in [0.15, 0.2) is 18.3 Å². The maximum atomic E-state index is 11.9. The SMILES string of the molecule is CCCC[S+]([O-])N[C@@H](C)c1nc(-c2ccnc(C)c2)ns1. The fourth-order valence-electron chi connectivity index (χ4n) is 1.79. The second kappa shape index (κ2) is 7.84. The standard InChI is InChI=1S/C14H20N4OS2/c1-4-5-8-21(19)18-11(3)14-16-13(17-20-14)12-6-7-15-10(2)9-12/h6-7,9,11,18H,4-5,8H2,1-3H3/t11-,21?/m0/s1. The first-order chi connectivity index (χ1) is 10.1. The Hall–Kier alpha value is -1.02. The number of nitrogens with zero attached hydrogens (tertiary/aromatic N) is 3. The van der Waals surface area contributed by atoms with Crippen LogP contribution in [0.2, 0.25) is 0 Å². The van der Waals surface area contributed by atoms with Gasteiger partial charge in [0.25, 0.3) is 0 Å². The summed E-state index contributed by atoms with van der Waals surface area (Å²) in [6.07, 6.45) is 3.77. The summed E-state index contributed by atoms with van der Waals surface area (Å²) < 4.78 is 19.3. The van der Waals surface area contributed by atoms with E-state index in [1.807, 2.05) is 26.0 Å². The second-order valence-electron chi connectivity index (χ2n) is 4.88. The molecule has 0 fully saturated rings. The monoisotopic (exact) mass is 324 g/mol. The number of pyridine rings is 1. The molecule has 2 heterocycles. The quantitative estimate of drug-likeness (QED) is 0.793. The molecule has 0 aromatic carbocycles. The Morgan fingerprint density at radius 2 is 2.29 bits per heavy atom. The molecule has 1 unspecified atom stereocenters. The predicted octanol–water partition coefficient (Wildman–Crippen LogP) is 3.02. The molecule has 2 aromatic rings. The van der Waals surface area contributed by atoms with Crippen molar-refractivity contribution in [1.82, 2.24) is 19.1 Å². The van der Waals surface area contributed by atoms with Gasteiger partial charge in [0.15, 0.2) is 5.82 Å². The lowest BCUT2D eigenvalue weighted by Gasteiger charge is -2.14. The first-order valence-corrected chi connectivity index (χ1v) is 9.10. The van der Waals surface area contributed by atoms with Gasteiger partial charge in [-0.2, -0.15) is 4.37 Å². The van der Waals surface area contributed by atoms with Crippen LogP contribution in [0.4, 0.5) is 0 Å². The summed E-state index contributed by atoms with van der Waals surface area (Å²) in [4.78, 5) is 8.71. The molecule has 2 rings (SSSR count). The number of aryl methyl sites for hydroxylation is 1. The third-order valence-corrected chi connectivity index (χ3v) is 5.13. The van der Waals surface area contributed by atoms with Crippen molar-refractivity contribution in [3.8, 4) is 11.4 Å². The number of nitrogens with one attached hydrogen (secondary N) is 1. The molecule has 0 saturated heterocycles. The van der Waals surface area contributed by atoms with Gasteiger partial charge in [0.1, 0.15) is 16.8 Å². The van der Waals surface area contributed by atoms with Crippen molar-refractivity contribution in [3.05, 3.63) is 29.0 Å². The lowest BCUT2D eigenvalue weighted by molar-refractivity contribution is 0.562. The average Bonchev–Trinajstić information content (AvgIpc) is 2.95. The molecule has 21 heavy (non-hydrogen) atoms. The highest BCUT2D eigenvalue weighted by Crippen LogP contribution is 2.22. The van der Waals surface area contributed by atoms with E-state index in [1.54, 1.807) is 6.20 Å². The highest BCUT2D eigenvalue weighted by atomic mass is 32.2. The average molecular weight is 324 g/mol. The predicted molar refractivity (Wildman–Crippen MR) is 87.3 cm³/mol. The van der Waals surface area contributed by atoms with Crippen LogP contribution in [0.25, 0.3) is 11.4 Å². The molecule has 0 spiro atoms. The van der Waals surface area contributed by atoms with Gasteiger partial charge in [-0.3, -0.25) is 4.98 Å². The first-order valence-electron chi connectivity index (χ1n) is 7.01. The molecule has 2 aromatic heterocycles. The molecule has 0 saturated carbocycles. The third-order valence-electron chi connectivity index (χ3n) is 2.96.